The van der Waals surface area contributed by atoms with Crippen molar-refractivity contribution >= 4 is 6.21 Å². The third-order valence-electron chi connectivity index (χ3n) is 3.53. The minimum absolute atomic E-state index is 0.0844. The molecule has 0 amide bonds. The number of aliphatic hydroxyl groups is 2. The predicted octanol–water partition coefficient (Wildman–Crippen LogP) is 2.31. The van der Waals surface area contributed by atoms with Gasteiger partial charge in [0.2, 0.25) is 0 Å². The zero-order valence-corrected chi connectivity index (χ0v) is 13.3. The van der Waals surface area contributed by atoms with E-state index >= 15 is 0 Å². The van der Waals surface area contributed by atoms with Crippen molar-refractivity contribution in [3.05, 3.63) is 58.7 Å². The second-order valence-electron chi connectivity index (χ2n) is 5.00. The smallest absolute Gasteiger partial charge is 0.161 e. The molecular formula is C18H21NO4. The van der Waals surface area contributed by atoms with Crippen LogP contribution in [-0.4, -0.2) is 30.6 Å². The van der Waals surface area contributed by atoms with E-state index in [2.05, 4.69) is 4.99 Å². The van der Waals surface area contributed by atoms with Gasteiger partial charge in [0, 0.05) is 6.21 Å². The summed E-state index contributed by atoms with van der Waals surface area (Å²) < 4.78 is 10.5. The lowest BCUT2D eigenvalue weighted by Crippen LogP contribution is -1.96. The highest BCUT2D eigenvalue weighted by atomic mass is 16.5. The Morgan fingerprint density at radius 2 is 1.65 bits per heavy atom. The molecule has 23 heavy (non-hydrogen) atoms. The molecular weight excluding hydrogens is 294 g/mol. The molecule has 0 heterocycles. The summed E-state index contributed by atoms with van der Waals surface area (Å²) in [6.45, 7) is 0.322. The van der Waals surface area contributed by atoms with Crippen LogP contribution in [0.2, 0.25) is 0 Å². The van der Waals surface area contributed by atoms with Crippen LogP contribution in [-0.2, 0) is 19.8 Å². The van der Waals surface area contributed by atoms with Gasteiger partial charge in [-0.1, -0.05) is 18.2 Å². The zero-order chi connectivity index (χ0) is 16.7. The lowest BCUT2D eigenvalue weighted by atomic mass is 10.1. The van der Waals surface area contributed by atoms with Gasteiger partial charge in [-0.05, 0) is 40.5 Å². The molecule has 0 aliphatic heterocycles. The van der Waals surface area contributed by atoms with Crippen LogP contribution in [0, 0.1) is 0 Å². The summed E-state index contributed by atoms with van der Waals surface area (Å²) in [5.41, 5.74) is 3.33. The van der Waals surface area contributed by atoms with Crippen LogP contribution in [0.3, 0.4) is 0 Å². The average Bonchev–Trinajstić information content (AvgIpc) is 2.61. The van der Waals surface area contributed by atoms with Gasteiger partial charge in [0.25, 0.3) is 0 Å². The molecule has 2 N–H and O–H groups in total. The number of benzene rings is 2. The summed E-state index contributed by atoms with van der Waals surface area (Å²) in [6, 6.07) is 11.2. The monoisotopic (exact) mass is 315 g/mol. The first-order valence-corrected chi connectivity index (χ1v) is 7.26. The highest BCUT2D eigenvalue weighted by Crippen LogP contribution is 2.27. The van der Waals surface area contributed by atoms with Crippen molar-refractivity contribution in [1.82, 2.24) is 0 Å². The average molecular weight is 315 g/mol. The Morgan fingerprint density at radius 3 is 2.30 bits per heavy atom. The van der Waals surface area contributed by atoms with Gasteiger partial charge in [0.05, 0.1) is 34.0 Å². The maximum atomic E-state index is 9.30. The van der Waals surface area contributed by atoms with E-state index in [-0.39, 0.29) is 13.2 Å². The Balaban J connectivity index is 2.09. The van der Waals surface area contributed by atoms with Gasteiger partial charge in [-0.15, -0.1) is 0 Å². The van der Waals surface area contributed by atoms with Crippen LogP contribution >= 0.6 is 0 Å². The van der Waals surface area contributed by atoms with Crippen molar-refractivity contribution in [1.29, 1.82) is 0 Å². The quantitative estimate of drug-likeness (QED) is 0.769. The molecule has 2 rings (SSSR count). The zero-order valence-electron chi connectivity index (χ0n) is 13.3. The van der Waals surface area contributed by atoms with Crippen molar-refractivity contribution in [3.8, 4) is 11.5 Å². The van der Waals surface area contributed by atoms with Gasteiger partial charge in [0.15, 0.2) is 11.5 Å². The first kappa shape index (κ1) is 17.0. The standard InChI is InChI=1S/C18H21NO4/c1-22-17-6-4-14(8-18(17)23-2)10-19-9-13-3-5-15(11-20)16(7-13)12-21/h3-9,20-21H,10-12H2,1-2H3. The number of hydrogen-bond donors (Lipinski definition) is 2. The third-order valence-corrected chi connectivity index (χ3v) is 3.53. The van der Waals surface area contributed by atoms with E-state index in [1.165, 1.54) is 0 Å². The Hall–Kier alpha value is -2.37. The first-order valence-electron chi connectivity index (χ1n) is 7.26. The van der Waals surface area contributed by atoms with Crippen molar-refractivity contribution in [2.24, 2.45) is 4.99 Å². The number of aliphatic imine (C=N–C) groups is 1. The summed E-state index contributed by atoms with van der Waals surface area (Å²) in [6.07, 6.45) is 1.75. The van der Waals surface area contributed by atoms with Crippen LogP contribution in [0.1, 0.15) is 22.3 Å². The molecule has 2 aromatic rings. The molecule has 0 aliphatic carbocycles. The van der Waals surface area contributed by atoms with Crippen LogP contribution in [0.5, 0.6) is 11.5 Å². The van der Waals surface area contributed by atoms with Gasteiger partial charge < -0.3 is 19.7 Å². The molecule has 122 valence electrons. The van der Waals surface area contributed by atoms with Gasteiger partial charge in [-0.25, -0.2) is 0 Å². The molecule has 0 aliphatic rings. The molecule has 0 spiro atoms. The minimum atomic E-state index is -0.104. The second-order valence-corrected chi connectivity index (χ2v) is 5.00. The molecule has 0 aromatic heterocycles. The highest BCUT2D eigenvalue weighted by molar-refractivity contribution is 5.80. The summed E-state index contributed by atoms with van der Waals surface area (Å²) in [5.74, 6) is 1.36. The molecule has 5 nitrogen and oxygen atoms in total. The van der Waals surface area contributed by atoms with E-state index in [1.54, 1.807) is 26.5 Å². The number of methoxy groups -OCH3 is 2. The van der Waals surface area contributed by atoms with Gasteiger partial charge >= 0.3 is 0 Å². The lowest BCUT2D eigenvalue weighted by Gasteiger charge is -2.08. The van der Waals surface area contributed by atoms with Crippen molar-refractivity contribution in [2.75, 3.05) is 14.2 Å². The van der Waals surface area contributed by atoms with E-state index in [0.29, 0.717) is 23.6 Å². The largest absolute Gasteiger partial charge is 0.493 e. The van der Waals surface area contributed by atoms with E-state index in [4.69, 9.17) is 9.47 Å². The van der Waals surface area contributed by atoms with Crippen LogP contribution in [0.15, 0.2) is 41.4 Å². The van der Waals surface area contributed by atoms with E-state index in [9.17, 15) is 10.2 Å². The van der Waals surface area contributed by atoms with Gasteiger partial charge in [0.1, 0.15) is 0 Å². The Labute approximate surface area is 135 Å². The van der Waals surface area contributed by atoms with Crippen LogP contribution < -0.4 is 9.47 Å². The summed E-state index contributed by atoms with van der Waals surface area (Å²) >= 11 is 0. The normalized spacial score (nSPS) is 11.0. The lowest BCUT2D eigenvalue weighted by molar-refractivity contribution is 0.260. The predicted molar refractivity (Wildman–Crippen MR) is 89.1 cm³/mol. The molecule has 5 heteroatoms. The first-order chi connectivity index (χ1) is 11.2. The third kappa shape index (κ3) is 4.31. The fourth-order valence-corrected chi connectivity index (χ4v) is 2.26. The summed E-state index contributed by atoms with van der Waals surface area (Å²) in [5, 5.41) is 18.5. The topological polar surface area (TPSA) is 71.3 Å². The molecule has 2 aromatic carbocycles. The van der Waals surface area contributed by atoms with Crippen LogP contribution in [0.25, 0.3) is 0 Å². The maximum Gasteiger partial charge on any atom is 0.161 e. The molecule has 0 saturated heterocycles. The highest BCUT2D eigenvalue weighted by Gasteiger charge is 2.04. The second kappa shape index (κ2) is 8.31. The molecule has 0 bridgehead atoms. The van der Waals surface area contributed by atoms with E-state index in [1.807, 2.05) is 30.3 Å². The van der Waals surface area contributed by atoms with Crippen molar-refractivity contribution in [3.63, 3.8) is 0 Å². The minimum Gasteiger partial charge on any atom is -0.493 e. The SMILES string of the molecule is COc1ccc(CN=Cc2ccc(CO)c(CO)c2)cc1OC. The maximum absolute atomic E-state index is 9.30. The Bertz CT molecular complexity index is 683. The summed E-state index contributed by atoms with van der Waals surface area (Å²) in [4.78, 5) is 4.41. The number of nitrogens with zero attached hydrogens (tertiary/aromatic N) is 1. The van der Waals surface area contributed by atoms with E-state index < -0.39 is 0 Å². The van der Waals surface area contributed by atoms with Crippen molar-refractivity contribution in [2.45, 2.75) is 19.8 Å². The fraction of sp³-hybridized carbons (Fsp3) is 0.278. The van der Waals surface area contributed by atoms with Crippen LogP contribution in [0.4, 0.5) is 0 Å². The molecule has 0 saturated carbocycles. The molecule has 0 fully saturated rings. The molecule has 0 unspecified atom stereocenters. The fourth-order valence-electron chi connectivity index (χ4n) is 2.26. The summed E-state index contributed by atoms with van der Waals surface area (Å²) in [7, 11) is 3.20. The van der Waals surface area contributed by atoms with E-state index in [0.717, 1.165) is 16.7 Å². The van der Waals surface area contributed by atoms with Crippen molar-refractivity contribution < 1.29 is 19.7 Å². The van der Waals surface area contributed by atoms with Gasteiger partial charge in [-0.3, -0.25) is 4.99 Å². The molecule has 0 radical (unpaired) electrons. The number of ether oxygens (including phenoxy) is 2. The number of aliphatic hydroxyl groups excluding tert-OH is 2. The van der Waals surface area contributed by atoms with Gasteiger partial charge in [-0.2, -0.15) is 0 Å². The molecule has 0 atom stereocenters. The Morgan fingerprint density at radius 1 is 0.913 bits per heavy atom. The number of rotatable bonds is 7. The number of hydrogen-bond acceptors (Lipinski definition) is 5. The Kier molecular flexibility index (Phi) is 6.14.